The van der Waals surface area contributed by atoms with E-state index in [1.807, 2.05) is 0 Å². The van der Waals surface area contributed by atoms with Crippen molar-refractivity contribution in [3.8, 4) is 0 Å². The third-order valence-electron chi connectivity index (χ3n) is 1.82. The van der Waals surface area contributed by atoms with Crippen LogP contribution >= 0.6 is 23.4 Å². The Balaban J connectivity index is 2.21. The SMILES string of the molecule is Nc1cc(Cl)nc(NCCSCCCO)c1. The highest BCUT2D eigenvalue weighted by atomic mass is 35.5. The van der Waals surface area contributed by atoms with Crippen LogP contribution in [0.15, 0.2) is 12.1 Å². The quantitative estimate of drug-likeness (QED) is 0.516. The van der Waals surface area contributed by atoms with E-state index in [9.17, 15) is 0 Å². The molecule has 16 heavy (non-hydrogen) atoms. The minimum Gasteiger partial charge on any atom is -0.399 e. The van der Waals surface area contributed by atoms with E-state index in [1.54, 1.807) is 23.9 Å². The normalized spacial score (nSPS) is 10.4. The number of aromatic nitrogens is 1. The van der Waals surface area contributed by atoms with Crippen LogP contribution in [0.25, 0.3) is 0 Å². The van der Waals surface area contributed by atoms with Crippen LogP contribution in [0, 0.1) is 0 Å². The van der Waals surface area contributed by atoms with Crippen molar-refractivity contribution in [2.24, 2.45) is 0 Å². The highest BCUT2D eigenvalue weighted by Crippen LogP contribution is 2.15. The van der Waals surface area contributed by atoms with Gasteiger partial charge < -0.3 is 16.2 Å². The van der Waals surface area contributed by atoms with E-state index in [1.165, 1.54) is 0 Å². The zero-order chi connectivity index (χ0) is 11.8. The monoisotopic (exact) mass is 261 g/mol. The van der Waals surface area contributed by atoms with Crippen LogP contribution in [0.3, 0.4) is 0 Å². The Labute approximate surface area is 105 Å². The Kier molecular flexibility index (Phi) is 6.37. The number of aliphatic hydroxyl groups excluding tert-OH is 1. The molecule has 1 rings (SSSR count). The number of thioether (sulfide) groups is 1. The summed E-state index contributed by atoms with van der Waals surface area (Å²) in [5.74, 6) is 2.64. The molecule has 0 bridgehead atoms. The lowest BCUT2D eigenvalue weighted by Gasteiger charge is -2.06. The van der Waals surface area contributed by atoms with E-state index < -0.39 is 0 Å². The summed E-state index contributed by atoms with van der Waals surface area (Å²) in [6.45, 7) is 1.07. The summed E-state index contributed by atoms with van der Waals surface area (Å²) in [5.41, 5.74) is 6.24. The van der Waals surface area contributed by atoms with Gasteiger partial charge in [-0.2, -0.15) is 11.8 Å². The molecule has 0 saturated carbocycles. The summed E-state index contributed by atoms with van der Waals surface area (Å²) in [6, 6.07) is 3.37. The zero-order valence-corrected chi connectivity index (χ0v) is 10.5. The van der Waals surface area contributed by atoms with Gasteiger partial charge in [-0.25, -0.2) is 4.98 Å². The van der Waals surface area contributed by atoms with Crippen molar-refractivity contribution >= 4 is 34.9 Å². The van der Waals surface area contributed by atoms with Crippen molar-refractivity contribution in [1.82, 2.24) is 4.98 Å². The largest absolute Gasteiger partial charge is 0.399 e. The van der Waals surface area contributed by atoms with E-state index in [-0.39, 0.29) is 6.61 Å². The van der Waals surface area contributed by atoms with Gasteiger partial charge in [0.2, 0.25) is 0 Å². The minimum atomic E-state index is 0.257. The standard InChI is InChI=1S/C10H16ClN3OS/c11-9-6-8(12)7-10(14-9)13-2-5-16-4-1-3-15/h6-7,15H,1-5H2,(H3,12,13,14). The minimum absolute atomic E-state index is 0.257. The van der Waals surface area contributed by atoms with Crippen molar-refractivity contribution in [2.45, 2.75) is 6.42 Å². The average molecular weight is 262 g/mol. The molecule has 0 aliphatic heterocycles. The van der Waals surface area contributed by atoms with Crippen molar-refractivity contribution in [1.29, 1.82) is 0 Å². The number of hydrogen-bond acceptors (Lipinski definition) is 5. The van der Waals surface area contributed by atoms with E-state index in [2.05, 4.69) is 10.3 Å². The summed E-state index contributed by atoms with van der Waals surface area (Å²) in [5, 5.41) is 12.1. The molecule has 0 radical (unpaired) electrons. The predicted molar refractivity (Wildman–Crippen MR) is 71.2 cm³/mol. The Morgan fingerprint density at radius 1 is 1.44 bits per heavy atom. The number of nitrogens with two attached hydrogens (primary N) is 1. The number of hydrogen-bond donors (Lipinski definition) is 3. The van der Waals surface area contributed by atoms with Gasteiger partial charge >= 0.3 is 0 Å². The molecule has 6 heteroatoms. The van der Waals surface area contributed by atoms with Crippen LogP contribution < -0.4 is 11.1 Å². The van der Waals surface area contributed by atoms with Crippen molar-refractivity contribution < 1.29 is 5.11 Å². The lowest BCUT2D eigenvalue weighted by Crippen LogP contribution is -2.06. The molecule has 0 aromatic carbocycles. The maximum absolute atomic E-state index is 8.59. The Bertz CT molecular complexity index is 305. The number of halogens is 1. The molecule has 0 aliphatic carbocycles. The third kappa shape index (κ3) is 5.44. The van der Waals surface area contributed by atoms with Crippen molar-refractivity contribution in [2.75, 3.05) is 35.7 Å². The zero-order valence-electron chi connectivity index (χ0n) is 8.95. The Morgan fingerprint density at radius 2 is 2.25 bits per heavy atom. The molecule has 0 saturated heterocycles. The highest BCUT2D eigenvalue weighted by Gasteiger charge is 1.98. The maximum atomic E-state index is 8.59. The molecule has 4 nitrogen and oxygen atoms in total. The van der Waals surface area contributed by atoms with Crippen LogP contribution in [-0.2, 0) is 0 Å². The number of nitrogens with one attached hydrogen (secondary N) is 1. The first kappa shape index (κ1) is 13.4. The lowest BCUT2D eigenvalue weighted by atomic mass is 10.4. The van der Waals surface area contributed by atoms with Crippen LogP contribution in [0.4, 0.5) is 11.5 Å². The van der Waals surface area contributed by atoms with Gasteiger partial charge in [-0.15, -0.1) is 0 Å². The van der Waals surface area contributed by atoms with Gasteiger partial charge in [0.1, 0.15) is 11.0 Å². The van der Waals surface area contributed by atoms with E-state index in [4.69, 9.17) is 22.4 Å². The second-order valence-corrected chi connectivity index (χ2v) is 4.84. The number of nitrogens with zero attached hydrogens (tertiary/aromatic N) is 1. The van der Waals surface area contributed by atoms with Crippen LogP contribution in [0.1, 0.15) is 6.42 Å². The van der Waals surface area contributed by atoms with Gasteiger partial charge in [-0.3, -0.25) is 0 Å². The van der Waals surface area contributed by atoms with Gasteiger partial charge in [0.25, 0.3) is 0 Å². The molecular weight excluding hydrogens is 246 g/mol. The second-order valence-electron chi connectivity index (χ2n) is 3.22. The highest BCUT2D eigenvalue weighted by molar-refractivity contribution is 7.99. The topological polar surface area (TPSA) is 71.2 Å². The third-order valence-corrected chi connectivity index (χ3v) is 3.08. The van der Waals surface area contributed by atoms with Gasteiger partial charge in [0.15, 0.2) is 0 Å². The fourth-order valence-electron chi connectivity index (χ4n) is 1.13. The fourth-order valence-corrected chi connectivity index (χ4v) is 2.13. The van der Waals surface area contributed by atoms with Gasteiger partial charge in [-0.05, 0) is 18.2 Å². The first-order valence-corrected chi connectivity index (χ1v) is 6.61. The van der Waals surface area contributed by atoms with Crippen molar-refractivity contribution in [3.05, 3.63) is 17.3 Å². The average Bonchev–Trinajstić information content (AvgIpc) is 2.22. The molecule has 90 valence electrons. The summed E-state index contributed by atoms with van der Waals surface area (Å²) in [4.78, 5) is 4.09. The molecule has 1 heterocycles. The molecule has 0 amide bonds. The van der Waals surface area contributed by atoms with Crippen LogP contribution in [0.2, 0.25) is 5.15 Å². The number of rotatable bonds is 7. The molecule has 0 fully saturated rings. The molecule has 0 unspecified atom stereocenters. The molecule has 0 aliphatic rings. The number of nitrogen functional groups attached to an aromatic ring is 1. The molecule has 0 atom stereocenters. The summed E-state index contributed by atoms with van der Waals surface area (Å²) in [7, 11) is 0. The summed E-state index contributed by atoms with van der Waals surface area (Å²) < 4.78 is 0. The Hall–Kier alpha value is -0.650. The molecule has 0 spiro atoms. The molecule has 4 N–H and O–H groups in total. The van der Waals surface area contributed by atoms with Gasteiger partial charge in [0.05, 0.1) is 0 Å². The van der Waals surface area contributed by atoms with Gasteiger partial charge in [0, 0.05) is 30.7 Å². The molecule has 1 aromatic rings. The van der Waals surface area contributed by atoms with E-state index >= 15 is 0 Å². The lowest BCUT2D eigenvalue weighted by molar-refractivity contribution is 0.296. The smallest absolute Gasteiger partial charge is 0.133 e. The first-order valence-electron chi connectivity index (χ1n) is 5.08. The van der Waals surface area contributed by atoms with Crippen LogP contribution in [0.5, 0.6) is 0 Å². The van der Waals surface area contributed by atoms with Crippen molar-refractivity contribution in [3.63, 3.8) is 0 Å². The number of anilines is 2. The van der Waals surface area contributed by atoms with E-state index in [0.29, 0.717) is 16.7 Å². The number of pyridine rings is 1. The molecule has 1 aromatic heterocycles. The van der Waals surface area contributed by atoms with Gasteiger partial charge in [-0.1, -0.05) is 11.6 Å². The summed E-state index contributed by atoms with van der Waals surface area (Å²) >= 11 is 7.56. The predicted octanol–water partition coefficient (Wildman–Crippen LogP) is 1.84. The summed E-state index contributed by atoms with van der Waals surface area (Å²) in [6.07, 6.45) is 0.840. The Morgan fingerprint density at radius 3 is 2.94 bits per heavy atom. The maximum Gasteiger partial charge on any atom is 0.133 e. The first-order chi connectivity index (χ1) is 7.72. The van der Waals surface area contributed by atoms with Crippen LogP contribution in [-0.4, -0.2) is 34.7 Å². The number of aliphatic hydroxyl groups is 1. The van der Waals surface area contributed by atoms with E-state index in [0.717, 1.165) is 24.5 Å². The molecular formula is C10H16ClN3OS. The second kappa shape index (κ2) is 7.60. The fraction of sp³-hybridized carbons (Fsp3) is 0.500.